The lowest BCUT2D eigenvalue weighted by atomic mass is 10.1. The summed E-state index contributed by atoms with van der Waals surface area (Å²) in [6.07, 6.45) is 3.47. The number of hydrogen-bond donors (Lipinski definition) is 0. The van der Waals surface area contributed by atoms with Crippen molar-refractivity contribution in [2.75, 3.05) is 5.75 Å². The van der Waals surface area contributed by atoms with Gasteiger partial charge in [0.15, 0.2) is 9.84 Å². The van der Waals surface area contributed by atoms with Gasteiger partial charge in [-0.05, 0) is 42.0 Å². The molecule has 1 unspecified atom stereocenters. The van der Waals surface area contributed by atoms with Crippen molar-refractivity contribution in [2.24, 2.45) is 0 Å². The summed E-state index contributed by atoms with van der Waals surface area (Å²) in [7, 11) is -3.25. The lowest BCUT2D eigenvalue weighted by Gasteiger charge is -2.12. The van der Waals surface area contributed by atoms with Crippen molar-refractivity contribution < 1.29 is 13.2 Å². The average molecular weight is 383 g/mol. The maximum absolute atomic E-state index is 12.5. The van der Waals surface area contributed by atoms with Gasteiger partial charge in [0.1, 0.15) is 12.4 Å². The molecule has 1 aromatic heterocycles. The van der Waals surface area contributed by atoms with Crippen LogP contribution in [0.1, 0.15) is 16.4 Å². The Hall–Kier alpha value is -2.31. The second-order valence-corrected chi connectivity index (χ2v) is 9.33. The van der Waals surface area contributed by atoms with Crippen molar-refractivity contribution in [3.8, 4) is 5.75 Å². The van der Waals surface area contributed by atoms with E-state index < -0.39 is 9.84 Å². The zero-order valence-electron chi connectivity index (χ0n) is 13.9. The third-order valence-corrected chi connectivity index (χ3v) is 7.46. The number of hydrogen-bond acceptors (Lipinski definition) is 5. The molecule has 0 saturated heterocycles. The second-order valence-electron chi connectivity index (χ2n) is 6.05. The van der Waals surface area contributed by atoms with Crippen LogP contribution in [0.2, 0.25) is 0 Å². The van der Waals surface area contributed by atoms with Gasteiger partial charge in [-0.25, -0.2) is 8.42 Å². The average Bonchev–Trinajstić information content (AvgIpc) is 2.91. The molecule has 0 spiro atoms. The van der Waals surface area contributed by atoms with E-state index in [4.69, 9.17) is 4.74 Å². The Bertz CT molecular complexity index is 1010. The van der Waals surface area contributed by atoms with Gasteiger partial charge in [0, 0.05) is 22.9 Å². The molecule has 0 aliphatic carbocycles. The molecule has 1 aliphatic rings. The molecule has 1 atom stereocenters. The minimum Gasteiger partial charge on any atom is -0.489 e. The number of sulfone groups is 1. The van der Waals surface area contributed by atoms with Crippen LogP contribution in [0.5, 0.6) is 5.75 Å². The SMILES string of the molecule is O=S1(=O)CC(Sc2ccccc2)c2cc(OCc3cccnc3)ccc21. The van der Waals surface area contributed by atoms with Crippen molar-refractivity contribution in [3.05, 3.63) is 84.2 Å². The first-order chi connectivity index (χ1) is 12.6. The van der Waals surface area contributed by atoms with Gasteiger partial charge in [-0.3, -0.25) is 4.98 Å². The van der Waals surface area contributed by atoms with Crippen LogP contribution >= 0.6 is 11.8 Å². The first-order valence-electron chi connectivity index (χ1n) is 8.22. The Labute approximate surface area is 157 Å². The molecule has 0 fully saturated rings. The molecule has 2 aromatic carbocycles. The highest BCUT2D eigenvalue weighted by atomic mass is 32.2. The highest BCUT2D eigenvalue weighted by molar-refractivity contribution is 8.01. The third-order valence-electron chi connectivity index (χ3n) is 4.18. The summed E-state index contributed by atoms with van der Waals surface area (Å²) in [6, 6.07) is 18.9. The molecule has 2 heterocycles. The Morgan fingerprint density at radius 3 is 2.69 bits per heavy atom. The van der Waals surface area contributed by atoms with Crippen LogP contribution in [-0.4, -0.2) is 19.2 Å². The molecule has 132 valence electrons. The van der Waals surface area contributed by atoms with Crippen LogP contribution in [0, 0.1) is 0 Å². The van der Waals surface area contributed by atoms with Gasteiger partial charge in [-0.1, -0.05) is 24.3 Å². The van der Waals surface area contributed by atoms with Gasteiger partial charge in [-0.2, -0.15) is 0 Å². The summed E-state index contributed by atoms with van der Waals surface area (Å²) in [5.74, 6) is 0.789. The smallest absolute Gasteiger partial charge is 0.180 e. The number of thioether (sulfide) groups is 1. The molecule has 0 bridgehead atoms. The molecule has 4 nitrogen and oxygen atoms in total. The summed E-state index contributed by atoms with van der Waals surface area (Å²) in [5, 5.41) is -0.126. The van der Waals surface area contributed by atoms with Crippen LogP contribution in [-0.2, 0) is 16.4 Å². The van der Waals surface area contributed by atoms with E-state index >= 15 is 0 Å². The highest BCUT2D eigenvalue weighted by Crippen LogP contribution is 2.46. The van der Waals surface area contributed by atoms with Crippen molar-refractivity contribution in [2.45, 2.75) is 21.6 Å². The summed E-state index contributed by atoms with van der Waals surface area (Å²) < 4.78 is 30.8. The van der Waals surface area contributed by atoms with E-state index in [9.17, 15) is 8.42 Å². The third kappa shape index (κ3) is 3.61. The van der Waals surface area contributed by atoms with E-state index in [0.29, 0.717) is 17.3 Å². The predicted molar refractivity (Wildman–Crippen MR) is 102 cm³/mol. The number of nitrogens with zero attached hydrogens (tertiary/aromatic N) is 1. The zero-order valence-corrected chi connectivity index (χ0v) is 15.5. The molecule has 4 rings (SSSR count). The Morgan fingerprint density at radius 2 is 1.92 bits per heavy atom. The Morgan fingerprint density at radius 1 is 1.08 bits per heavy atom. The molecule has 0 amide bonds. The van der Waals surface area contributed by atoms with E-state index in [1.165, 1.54) is 0 Å². The quantitative estimate of drug-likeness (QED) is 0.658. The van der Waals surface area contributed by atoms with Crippen molar-refractivity contribution in [1.29, 1.82) is 0 Å². The van der Waals surface area contributed by atoms with Gasteiger partial charge in [-0.15, -0.1) is 11.8 Å². The standard InChI is InChI=1S/C20H17NO3S2/c22-26(23)14-19(25-17-6-2-1-3-7-17)18-11-16(8-9-20(18)26)24-13-15-5-4-10-21-12-15/h1-12,19H,13-14H2. The fourth-order valence-electron chi connectivity index (χ4n) is 2.94. The highest BCUT2D eigenvalue weighted by Gasteiger charge is 2.35. The number of aromatic nitrogens is 1. The lowest BCUT2D eigenvalue weighted by Crippen LogP contribution is -2.00. The van der Waals surface area contributed by atoms with Crippen molar-refractivity contribution in [3.63, 3.8) is 0 Å². The lowest BCUT2D eigenvalue weighted by molar-refractivity contribution is 0.305. The van der Waals surface area contributed by atoms with Crippen LogP contribution in [0.3, 0.4) is 0 Å². The van der Waals surface area contributed by atoms with Gasteiger partial charge in [0.2, 0.25) is 0 Å². The predicted octanol–water partition coefficient (Wildman–Crippen LogP) is 4.28. The summed E-state index contributed by atoms with van der Waals surface area (Å²) in [4.78, 5) is 5.54. The molecule has 3 aromatic rings. The molecule has 0 N–H and O–H groups in total. The molecule has 0 radical (unpaired) electrons. The van der Waals surface area contributed by atoms with Gasteiger partial charge in [0.05, 0.1) is 15.9 Å². The minimum absolute atomic E-state index is 0.119. The minimum atomic E-state index is -3.25. The molecule has 6 heteroatoms. The fourth-order valence-corrected chi connectivity index (χ4v) is 6.38. The van der Waals surface area contributed by atoms with E-state index in [0.717, 1.165) is 16.0 Å². The molecule has 26 heavy (non-hydrogen) atoms. The van der Waals surface area contributed by atoms with Crippen molar-refractivity contribution in [1.82, 2.24) is 4.98 Å². The Balaban J connectivity index is 1.58. The number of fused-ring (bicyclic) bond motifs is 1. The zero-order chi connectivity index (χ0) is 18.0. The number of ether oxygens (including phenoxy) is 1. The maximum Gasteiger partial charge on any atom is 0.180 e. The summed E-state index contributed by atoms with van der Waals surface area (Å²) in [6.45, 7) is 0.399. The monoisotopic (exact) mass is 383 g/mol. The van der Waals surface area contributed by atoms with E-state index in [2.05, 4.69) is 4.98 Å². The van der Waals surface area contributed by atoms with Gasteiger partial charge < -0.3 is 4.74 Å². The van der Waals surface area contributed by atoms with Crippen LogP contribution in [0.25, 0.3) is 0 Å². The largest absolute Gasteiger partial charge is 0.489 e. The topological polar surface area (TPSA) is 56.3 Å². The first-order valence-corrected chi connectivity index (χ1v) is 10.8. The fraction of sp³-hybridized carbons (Fsp3) is 0.150. The summed E-state index contributed by atoms with van der Waals surface area (Å²) in [5.41, 5.74) is 1.79. The summed E-state index contributed by atoms with van der Waals surface area (Å²) >= 11 is 1.57. The first kappa shape index (κ1) is 17.1. The number of rotatable bonds is 5. The van der Waals surface area contributed by atoms with E-state index in [1.54, 1.807) is 36.3 Å². The van der Waals surface area contributed by atoms with Crippen molar-refractivity contribution >= 4 is 21.6 Å². The molecular formula is C20H17NO3S2. The van der Waals surface area contributed by atoms with E-state index in [1.807, 2.05) is 48.5 Å². The van der Waals surface area contributed by atoms with Crippen LogP contribution < -0.4 is 4.74 Å². The molecule has 0 saturated carbocycles. The second kappa shape index (κ2) is 7.13. The number of benzene rings is 2. The molecule has 1 aliphatic heterocycles. The normalized spacial score (nSPS) is 17.6. The molecular weight excluding hydrogens is 366 g/mol. The number of pyridine rings is 1. The van der Waals surface area contributed by atoms with Crippen LogP contribution in [0.4, 0.5) is 0 Å². The van der Waals surface area contributed by atoms with Gasteiger partial charge in [0.25, 0.3) is 0 Å². The maximum atomic E-state index is 12.5. The van der Waals surface area contributed by atoms with Gasteiger partial charge >= 0.3 is 0 Å². The van der Waals surface area contributed by atoms with Crippen LogP contribution in [0.15, 0.2) is 82.8 Å². The van der Waals surface area contributed by atoms with E-state index in [-0.39, 0.29) is 11.0 Å². The Kier molecular flexibility index (Phi) is 4.70.